The summed E-state index contributed by atoms with van der Waals surface area (Å²) < 4.78 is 0. The summed E-state index contributed by atoms with van der Waals surface area (Å²) in [6.07, 6.45) is 4.90. The number of aromatic nitrogens is 1. The van der Waals surface area contributed by atoms with E-state index in [1.807, 2.05) is 36.3 Å². The molecule has 18 heavy (non-hydrogen) atoms. The summed E-state index contributed by atoms with van der Waals surface area (Å²) in [6, 6.07) is 4.38. The van der Waals surface area contributed by atoms with Gasteiger partial charge in [-0.1, -0.05) is 25.6 Å². The topological polar surface area (TPSA) is 37.3 Å². The molecule has 2 unspecified atom stereocenters. The van der Waals surface area contributed by atoms with Crippen LogP contribution in [0.15, 0.2) is 29.5 Å². The zero-order chi connectivity index (χ0) is 13.0. The van der Waals surface area contributed by atoms with Crippen LogP contribution in [0.2, 0.25) is 0 Å². The van der Waals surface area contributed by atoms with Gasteiger partial charge in [0, 0.05) is 17.6 Å². The fourth-order valence-electron chi connectivity index (χ4n) is 2.07. The lowest BCUT2D eigenvalue weighted by atomic mass is 10.1. The van der Waals surface area contributed by atoms with Crippen molar-refractivity contribution < 1.29 is 0 Å². The Morgan fingerprint density at radius 1 is 1.33 bits per heavy atom. The van der Waals surface area contributed by atoms with Gasteiger partial charge in [0.1, 0.15) is 0 Å². The molecule has 0 radical (unpaired) electrons. The van der Waals surface area contributed by atoms with E-state index in [0.29, 0.717) is 5.25 Å². The lowest BCUT2D eigenvalue weighted by Crippen LogP contribution is -2.23. The lowest BCUT2D eigenvalue weighted by molar-refractivity contribution is 0.575. The first-order valence-corrected chi connectivity index (χ1v) is 7.40. The average Bonchev–Trinajstić information content (AvgIpc) is 2.76. The zero-order valence-corrected chi connectivity index (χ0v) is 12.1. The summed E-state index contributed by atoms with van der Waals surface area (Å²) in [7, 11) is 0. The molecule has 2 rings (SSSR count). The molecule has 1 aliphatic heterocycles. The third-order valence-corrected chi connectivity index (χ3v) is 4.14. The van der Waals surface area contributed by atoms with E-state index in [9.17, 15) is 0 Å². The van der Waals surface area contributed by atoms with Crippen molar-refractivity contribution in [3.63, 3.8) is 0 Å². The summed E-state index contributed by atoms with van der Waals surface area (Å²) in [5.41, 5.74) is 1.25. The Kier molecular flexibility index (Phi) is 4.64. The zero-order valence-electron chi connectivity index (χ0n) is 11.3. The first-order valence-electron chi connectivity index (χ1n) is 6.52. The Bertz CT molecular complexity index is 403. The monoisotopic (exact) mass is 263 g/mol. The van der Waals surface area contributed by atoms with Gasteiger partial charge in [-0.15, -0.1) is 0 Å². The maximum atomic E-state index is 4.59. The van der Waals surface area contributed by atoms with Crippen LogP contribution in [0.1, 0.15) is 38.8 Å². The highest BCUT2D eigenvalue weighted by Gasteiger charge is 2.21. The molecule has 0 saturated carbocycles. The molecule has 1 aromatic rings. The van der Waals surface area contributed by atoms with Crippen molar-refractivity contribution in [3.8, 4) is 0 Å². The van der Waals surface area contributed by atoms with Crippen molar-refractivity contribution in [2.45, 2.75) is 38.5 Å². The van der Waals surface area contributed by atoms with Crippen LogP contribution >= 0.6 is 11.8 Å². The molecule has 0 fully saturated rings. The Balaban J connectivity index is 1.85. The van der Waals surface area contributed by atoms with Crippen molar-refractivity contribution in [3.05, 3.63) is 30.1 Å². The first kappa shape index (κ1) is 13.4. The van der Waals surface area contributed by atoms with E-state index in [1.165, 1.54) is 12.0 Å². The van der Waals surface area contributed by atoms with E-state index in [1.54, 1.807) is 0 Å². The summed E-state index contributed by atoms with van der Waals surface area (Å²) in [4.78, 5) is 8.63. The Hall–Kier alpha value is -1.03. The van der Waals surface area contributed by atoms with Gasteiger partial charge < -0.3 is 5.32 Å². The molecule has 0 amide bonds. The summed E-state index contributed by atoms with van der Waals surface area (Å²) >= 11 is 1.89. The maximum absolute atomic E-state index is 4.59. The van der Waals surface area contributed by atoms with Crippen molar-refractivity contribution in [1.82, 2.24) is 10.3 Å². The largest absolute Gasteiger partial charge is 0.358 e. The average molecular weight is 263 g/mol. The number of aliphatic imine (C=N–C) groups is 1. The molecule has 0 aromatic carbocycles. The van der Waals surface area contributed by atoms with E-state index in [0.717, 1.165) is 17.6 Å². The van der Waals surface area contributed by atoms with Gasteiger partial charge in [0.15, 0.2) is 5.17 Å². The second-order valence-electron chi connectivity index (χ2n) is 5.16. The molecule has 2 heterocycles. The second kappa shape index (κ2) is 6.23. The van der Waals surface area contributed by atoms with Crippen LogP contribution in [0.4, 0.5) is 0 Å². The van der Waals surface area contributed by atoms with E-state index in [-0.39, 0.29) is 6.04 Å². The Labute approximate surface area is 113 Å². The third kappa shape index (κ3) is 3.73. The molecule has 1 aliphatic rings. The maximum Gasteiger partial charge on any atom is 0.157 e. The molecule has 1 aromatic heterocycles. The highest BCUT2D eigenvalue weighted by molar-refractivity contribution is 8.14. The van der Waals surface area contributed by atoms with Crippen molar-refractivity contribution in [1.29, 1.82) is 0 Å². The van der Waals surface area contributed by atoms with Crippen LogP contribution in [-0.4, -0.2) is 21.9 Å². The Morgan fingerprint density at radius 2 is 2.06 bits per heavy atom. The smallest absolute Gasteiger partial charge is 0.157 e. The van der Waals surface area contributed by atoms with Crippen LogP contribution in [0, 0.1) is 5.92 Å². The number of pyridine rings is 1. The molecule has 0 spiro atoms. The predicted octanol–water partition coefficient (Wildman–Crippen LogP) is 3.25. The molecule has 0 aliphatic carbocycles. The molecule has 3 nitrogen and oxygen atoms in total. The minimum absolute atomic E-state index is 0.289. The number of nitrogens with one attached hydrogen (secondary N) is 1. The molecular weight excluding hydrogens is 242 g/mol. The molecule has 4 heteroatoms. The van der Waals surface area contributed by atoms with Crippen LogP contribution in [-0.2, 0) is 0 Å². The van der Waals surface area contributed by atoms with Gasteiger partial charge >= 0.3 is 0 Å². The van der Waals surface area contributed by atoms with Crippen molar-refractivity contribution >= 4 is 16.9 Å². The van der Waals surface area contributed by atoms with Gasteiger partial charge in [-0.3, -0.25) is 9.98 Å². The van der Waals surface area contributed by atoms with Crippen molar-refractivity contribution in [2.24, 2.45) is 10.9 Å². The van der Waals surface area contributed by atoms with E-state index >= 15 is 0 Å². The molecule has 2 atom stereocenters. The van der Waals surface area contributed by atoms with Crippen molar-refractivity contribution in [2.75, 3.05) is 6.54 Å². The minimum Gasteiger partial charge on any atom is -0.358 e. The molecule has 0 bridgehead atoms. The molecule has 0 saturated heterocycles. The minimum atomic E-state index is 0.289. The number of thioether (sulfide) groups is 1. The molecule has 98 valence electrons. The normalized spacial score (nSPS) is 20.9. The number of rotatable bonds is 4. The highest BCUT2D eigenvalue weighted by atomic mass is 32.2. The third-order valence-electron chi connectivity index (χ3n) is 3.00. The van der Waals surface area contributed by atoms with Gasteiger partial charge in [0.2, 0.25) is 0 Å². The van der Waals surface area contributed by atoms with Crippen LogP contribution in [0.5, 0.6) is 0 Å². The Morgan fingerprint density at radius 3 is 2.72 bits per heavy atom. The fourth-order valence-corrected chi connectivity index (χ4v) is 3.41. The highest BCUT2D eigenvalue weighted by Crippen LogP contribution is 2.26. The van der Waals surface area contributed by atoms with E-state index in [2.05, 4.69) is 36.1 Å². The van der Waals surface area contributed by atoms with Gasteiger partial charge in [0.05, 0.1) is 12.6 Å². The van der Waals surface area contributed by atoms with Gasteiger partial charge in [-0.05, 0) is 37.0 Å². The first-order chi connectivity index (χ1) is 8.65. The van der Waals surface area contributed by atoms with Crippen LogP contribution in [0.25, 0.3) is 0 Å². The quantitative estimate of drug-likeness (QED) is 0.906. The van der Waals surface area contributed by atoms with Gasteiger partial charge in [0.25, 0.3) is 0 Å². The van der Waals surface area contributed by atoms with Gasteiger partial charge in [-0.25, -0.2) is 0 Å². The molecular formula is C14H21N3S. The van der Waals surface area contributed by atoms with E-state index < -0.39 is 0 Å². The summed E-state index contributed by atoms with van der Waals surface area (Å²) in [6.45, 7) is 7.65. The van der Waals surface area contributed by atoms with E-state index in [4.69, 9.17) is 0 Å². The fraction of sp³-hybridized carbons (Fsp3) is 0.571. The van der Waals surface area contributed by atoms with Crippen LogP contribution in [0.3, 0.4) is 0 Å². The number of nitrogens with zero attached hydrogens (tertiary/aromatic N) is 2. The number of amidine groups is 1. The second-order valence-corrected chi connectivity index (χ2v) is 6.45. The predicted molar refractivity (Wildman–Crippen MR) is 78.9 cm³/mol. The lowest BCUT2D eigenvalue weighted by Gasteiger charge is -2.16. The SMILES string of the molecule is CC(C)CC1CN=C(NC(C)c2ccncc2)S1. The standard InChI is InChI=1S/C14H21N3S/c1-10(2)8-13-9-16-14(18-13)17-11(3)12-4-6-15-7-5-12/h4-7,10-11,13H,8-9H2,1-3H3,(H,16,17). The number of hydrogen-bond donors (Lipinski definition) is 1. The summed E-state index contributed by atoms with van der Waals surface area (Å²) in [5.74, 6) is 0.745. The van der Waals surface area contributed by atoms with Crippen LogP contribution < -0.4 is 5.32 Å². The number of hydrogen-bond acceptors (Lipinski definition) is 4. The summed E-state index contributed by atoms with van der Waals surface area (Å²) in [5, 5.41) is 5.22. The molecule has 1 N–H and O–H groups in total. The van der Waals surface area contributed by atoms with Gasteiger partial charge in [-0.2, -0.15) is 0 Å².